The summed E-state index contributed by atoms with van der Waals surface area (Å²) in [6.07, 6.45) is 12.6. The van der Waals surface area contributed by atoms with Crippen molar-refractivity contribution in [1.29, 1.82) is 0 Å². The van der Waals surface area contributed by atoms with E-state index in [1.165, 1.54) is 92.4 Å². The van der Waals surface area contributed by atoms with E-state index in [2.05, 4.69) is 173 Å². The van der Waals surface area contributed by atoms with Crippen molar-refractivity contribution in [3.63, 3.8) is 0 Å². The average Bonchev–Trinajstić information content (AvgIpc) is 3.37. The maximum atomic E-state index is 6.67. The fourth-order valence-corrected chi connectivity index (χ4v) is 12.5. The number of methoxy groups -OCH3 is 2. The van der Waals surface area contributed by atoms with Gasteiger partial charge in [-0.2, -0.15) is 0 Å². The van der Waals surface area contributed by atoms with Crippen LogP contribution in [0.3, 0.4) is 0 Å². The molecule has 0 aromatic heterocycles. The summed E-state index contributed by atoms with van der Waals surface area (Å²) in [4.78, 5) is 0. The lowest BCUT2D eigenvalue weighted by Gasteiger charge is -2.45. The predicted octanol–water partition coefficient (Wildman–Crippen LogP) is 15.5. The third-order valence-electron chi connectivity index (χ3n) is 17.8. The second-order valence-corrected chi connectivity index (χ2v) is 21.8. The Kier molecular flexibility index (Phi) is 12.0. The Balaban J connectivity index is 0.963. The number of hydrogen-bond donors (Lipinski definition) is 0. The minimum atomic E-state index is -0.381. The third kappa shape index (κ3) is 8.31. The molecule has 0 aliphatic heterocycles. The zero-order valence-corrected chi connectivity index (χ0v) is 40.4. The molecule has 3 fully saturated rings. The van der Waals surface area contributed by atoms with Gasteiger partial charge in [-0.15, -0.1) is 0 Å². The molecule has 0 radical (unpaired) electrons. The molecule has 6 aromatic rings. The van der Waals surface area contributed by atoms with Gasteiger partial charge in [0.1, 0.15) is 13.6 Å². The minimum Gasteiger partial charge on any atom is -0.359 e. The highest BCUT2D eigenvalue weighted by atomic mass is 16.7. The lowest BCUT2D eigenvalue weighted by Crippen LogP contribution is -2.40. The van der Waals surface area contributed by atoms with Crippen LogP contribution < -0.4 is 0 Å². The first-order valence-corrected chi connectivity index (χ1v) is 24.8. The van der Waals surface area contributed by atoms with Crippen molar-refractivity contribution < 1.29 is 18.9 Å². The molecule has 66 heavy (non-hydrogen) atoms. The molecule has 0 N–H and O–H groups in total. The van der Waals surface area contributed by atoms with Gasteiger partial charge in [0.15, 0.2) is 0 Å². The molecule has 18 bridgehead atoms. The molecule has 4 nitrogen and oxygen atoms in total. The Morgan fingerprint density at radius 1 is 0.273 bits per heavy atom. The van der Waals surface area contributed by atoms with E-state index in [1.54, 1.807) is 14.2 Å². The van der Waals surface area contributed by atoms with Crippen molar-refractivity contribution in [1.82, 2.24) is 0 Å². The van der Waals surface area contributed by atoms with Gasteiger partial charge in [0.05, 0.1) is 11.2 Å². The molecule has 28 rings (SSSR count). The maximum absolute atomic E-state index is 6.67. The van der Waals surface area contributed by atoms with E-state index in [1.807, 2.05) is 0 Å². The first-order valence-electron chi connectivity index (χ1n) is 24.8. The van der Waals surface area contributed by atoms with Gasteiger partial charge in [0.2, 0.25) is 0 Å². The Morgan fingerprint density at radius 2 is 0.455 bits per heavy atom. The molecule has 0 heterocycles. The smallest absolute Gasteiger partial charge is 0.147 e. The Hall–Kier alpha value is -4.84. The van der Waals surface area contributed by atoms with Gasteiger partial charge < -0.3 is 18.9 Å². The Labute approximate surface area is 395 Å². The van der Waals surface area contributed by atoms with E-state index in [9.17, 15) is 0 Å². The van der Waals surface area contributed by atoms with Crippen molar-refractivity contribution in [2.45, 2.75) is 138 Å². The average molecular weight is 879 g/mol. The molecule has 0 saturated heterocycles. The highest BCUT2D eigenvalue weighted by Crippen LogP contribution is 2.52. The molecule has 0 amide bonds. The molecular formula is C62H70O4. The van der Waals surface area contributed by atoms with Crippen LogP contribution in [0.15, 0.2) is 146 Å². The van der Waals surface area contributed by atoms with Crippen LogP contribution in [0.2, 0.25) is 0 Å². The van der Waals surface area contributed by atoms with Crippen LogP contribution >= 0.6 is 0 Å². The van der Waals surface area contributed by atoms with Crippen LogP contribution in [0, 0.1) is 0 Å². The van der Waals surface area contributed by atoms with E-state index in [0.29, 0.717) is 0 Å². The van der Waals surface area contributed by atoms with E-state index < -0.39 is 0 Å². The second-order valence-electron chi connectivity index (χ2n) is 21.8. The molecule has 0 atom stereocenters. The SMILES string of the molecule is COCOC12CCC(C)(CC1)c1ccc(cc1)-c1ccc(cc1)C1(OCOC)CCC(C)(CC1)c1ccc(cc1)-c1ccc(cc1)C1(C)CCC(C)(CC1)c1ccc(cc1)-c1ccc2cc1. The monoisotopic (exact) mass is 879 g/mol. The molecule has 4 heteroatoms. The van der Waals surface area contributed by atoms with Gasteiger partial charge >= 0.3 is 0 Å². The van der Waals surface area contributed by atoms with Crippen LogP contribution in [0.5, 0.6) is 0 Å². The van der Waals surface area contributed by atoms with Crippen molar-refractivity contribution >= 4 is 0 Å². The first kappa shape index (κ1) is 45.0. The second kappa shape index (κ2) is 17.7. The number of benzene rings is 6. The van der Waals surface area contributed by atoms with Gasteiger partial charge in [-0.1, -0.05) is 173 Å². The topological polar surface area (TPSA) is 36.9 Å². The third-order valence-corrected chi connectivity index (χ3v) is 17.8. The van der Waals surface area contributed by atoms with Gasteiger partial charge in [-0.25, -0.2) is 0 Å². The minimum absolute atomic E-state index is 0.0568. The van der Waals surface area contributed by atoms with E-state index >= 15 is 0 Å². The fourth-order valence-electron chi connectivity index (χ4n) is 12.5. The zero-order chi connectivity index (χ0) is 45.6. The molecule has 22 aliphatic rings. The summed E-state index contributed by atoms with van der Waals surface area (Å²) in [7, 11) is 3.45. The van der Waals surface area contributed by atoms with Gasteiger partial charge in [-0.05, 0) is 165 Å². The molecule has 3 saturated carbocycles. The van der Waals surface area contributed by atoms with Crippen molar-refractivity contribution in [3.8, 4) is 33.4 Å². The van der Waals surface area contributed by atoms with Gasteiger partial charge in [-0.3, -0.25) is 0 Å². The molecular weight excluding hydrogens is 809 g/mol. The van der Waals surface area contributed by atoms with Crippen LogP contribution in [0.25, 0.3) is 33.4 Å². The summed E-state index contributed by atoms with van der Waals surface area (Å²) in [5.74, 6) is 0. The van der Waals surface area contributed by atoms with Gasteiger partial charge in [0.25, 0.3) is 0 Å². The fraction of sp³-hybridized carbons (Fsp3) is 0.419. The quantitative estimate of drug-likeness (QED) is 0.156. The molecule has 6 aromatic carbocycles. The standard InChI is InChI=1S/C62H70O4/c1-57-31-33-58(2,34-32-57)52-21-9-47(10-22-52)49-15-27-55(28-16-49)62(66-44-64-6)41-37-60(4,38-42-62)54-25-13-48(14-26-54)50-17-29-56(30-18-50)61(65-43-63-5)39-35-59(3,36-40-61)53-23-11-46(12-24-53)45-7-19-51(57)20-8-45/h7-30H,31-44H2,1-6H3. The molecule has 22 aliphatic carbocycles. The van der Waals surface area contributed by atoms with Crippen molar-refractivity contribution in [2.75, 3.05) is 27.8 Å². The van der Waals surface area contributed by atoms with Gasteiger partial charge in [0, 0.05) is 14.2 Å². The molecule has 342 valence electrons. The predicted molar refractivity (Wildman–Crippen MR) is 270 cm³/mol. The first-order chi connectivity index (χ1) is 31.9. The summed E-state index contributed by atoms with van der Waals surface area (Å²) in [5.41, 5.74) is 15.4. The lowest BCUT2D eigenvalue weighted by atomic mass is 9.60. The summed E-state index contributed by atoms with van der Waals surface area (Å²) in [6.45, 7) is 10.4. The summed E-state index contributed by atoms with van der Waals surface area (Å²) >= 11 is 0. The Bertz CT molecular complexity index is 2560. The molecule has 0 unspecified atom stereocenters. The van der Waals surface area contributed by atoms with Crippen LogP contribution in [0.4, 0.5) is 0 Å². The lowest BCUT2D eigenvalue weighted by molar-refractivity contribution is -0.156. The number of hydrogen-bond acceptors (Lipinski definition) is 4. The van der Waals surface area contributed by atoms with E-state index in [0.717, 1.165) is 51.4 Å². The largest absolute Gasteiger partial charge is 0.359 e. The van der Waals surface area contributed by atoms with E-state index in [-0.39, 0.29) is 46.4 Å². The van der Waals surface area contributed by atoms with E-state index in [4.69, 9.17) is 18.9 Å². The van der Waals surface area contributed by atoms with Crippen molar-refractivity contribution in [2.24, 2.45) is 0 Å². The Morgan fingerprint density at radius 3 is 0.652 bits per heavy atom. The summed E-state index contributed by atoms with van der Waals surface area (Å²) < 4.78 is 24.4. The maximum Gasteiger partial charge on any atom is 0.147 e. The van der Waals surface area contributed by atoms with Crippen LogP contribution in [0.1, 0.15) is 138 Å². The number of ether oxygens (including phenoxy) is 4. The van der Waals surface area contributed by atoms with Crippen LogP contribution in [-0.4, -0.2) is 27.8 Å². The zero-order valence-electron chi connectivity index (χ0n) is 40.4. The highest BCUT2D eigenvalue weighted by molar-refractivity contribution is 5.67. The molecule has 0 spiro atoms. The number of rotatable bonds is 6. The summed E-state index contributed by atoms with van der Waals surface area (Å²) in [5, 5.41) is 0. The van der Waals surface area contributed by atoms with Crippen LogP contribution in [-0.2, 0) is 51.8 Å². The summed E-state index contributed by atoms with van der Waals surface area (Å²) in [6, 6.07) is 56.1. The van der Waals surface area contributed by atoms with Crippen molar-refractivity contribution in [3.05, 3.63) is 179 Å². The normalized spacial score (nSPS) is 29.4. The highest BCUT2D eigenvalue weighted by Gasteiger charge is 2.45.